The molecule has 0 bridgehead atoms. The smallest absolute Gasteiger partial charge is 0.123 e. The van der Waals surface area contributed by atoms with E-state index in [-0.39, 0.29) is 0 Å². The molecule has 5 heteroatoms. The summed E-state index contributed by atoms with van der Waals surface area (Å²) < 4.78 is 19.1. The molecule has 1 N–H and O–H groups in total. The molecule has 1 atom stereocenters. The van der Waals surface area contributed by atoms with Crippen LogP contribution in [-0.4, -0.2) is 18.3 Å². The van der Waals surface area contributed by atoms with Gasteiger partial charge in [0.15, 0.2) is 0 Å². The molecule has 18 heavy (non-hydrogen) atoms. The third kappa shape index (κ3) is 2.41. The van der Waals surface area contributed by atoms with Crippen molar-refractivity contribution < 1.29 is 14.2 Å². The Kier molecular flexibility index (Phi) is 4.00. The average molecular weight is 314 g/mol. The van der Waals surface area contributed by atoms with Gasteiger partial charge in [0.25, 0.3) is 0 Å². The summed E-state index contributed by atoms with van der Waals surface area (Å²) in [5, 5.41) is 19.8. The molecular formula is C13H13BrFNO2. The highest BCUT2D eigenvalue weighted by molar-refractivity contribution is 9.10. The van der Waals surface area contributed by atoms with Gasteiger partial charge >= 0.3 is 0 Å². The summed E-state index contributed by atoms with van der Waals surface area (Å²) in [5.41, 5.74) is -0.479. The fourth-order valence-electron chi connectivity index (χ4n) is 2.20. The predicted molar refractivity (Wildman–Crippen MR) is 67.2 cm³/mol. The van der Waals surface area contributed by atoms with Crippen molar-refractivity contribution in [3.05, 3.63) is 34.1 Å². The molecule has 0 aromatic heterocycles. The van der Waals surface area contributed by atoms with Crippen LogP contribution in [0.15, 0.2) is 22.7 Å². The van der Waals surface area contributed by atoms with E-state index in [9.17, 15) is 14.8 Å². The molecule has 1 aliphatic heterocycles. The SMILES string of the molecule is N#CC1(C(O)c2cc(F)ccc2Br)CCOCC1. The van der Waals surface area contributed by atoms with E-state index in [0.717, 1.165) is 0 Å². The van der Waals surface area contributed by atoms with Crippen LogP contribution in [0.4, 0.5) is 4.39 Å². The minimum absolute atomic E-state index is 0.415. The fourth-order valence-corrected chi connectivity index (χ4v) is 2.67. The molecule has 0 spiro atoms. The van der Waals surface area contributed by atoms with Gasteiger partial charge < -0.3 is 9.84 Å². The minimum Gasteiger partial charge on any atom is -0.387 e. The monoisotopic (exact) mass is 313 g/mol. The van der Waals surface area contributed by atoms with Gasteiger partial charge in [0.1, 0.15) is 5.82 Å². The molecular weight excluding hydrogens is 301 g/mol. The Hall–Kier alpha value is -0.960. The van der Waals surface area contributed by atoms with E-state index in [4.69, 9.17) is 4.74 Å². The number of nitrogens with zero attached hydrogens (tertiary/aromatic N) is 1. The molecule has 0 saturated carbocycles. The molecule has 0 radical (unpaired) electrons. The van der Waals surface area contributed by atoms with E-state index in [1.807, 2.05) is 0 Å². The normalized spacial score (nSPS) is 20.1. The molecule has 96 valence electrons. The van der Waals surface area contributed by atoms with Crippen molar-refractivity contribution in [1.82, 2.24) is 0 Å². The van der Waals surface area contributed by atoms with E-state index in [1.54, 1.807) is 0 Å². The predicted octanol–water partition coefficient (Wildman–Crippen LogP) is 2.94. The number of hydrogen-bond donors (Lipinski definition) is 1. The molecule has 1 saturated heterocycles. The summed E-state index contributed by atoms with van der Waals surface area (Å²) in [6, 6.07) is 6.31. The van der Waals surface area contributed by atoms with Crippen molar-refractivity contribution in [3.63, 3.8) is 0 Å². The van der Waals surface area contributed by atoms with Crippen LogP contribution in [0.3, 0.4) is 0 Å². The first-order chi connectivity index (χ1) is 8.59. The zero-order valence-electron chi connectivity index (χ0n) is 9.70. The molecule has 1 aromatic rings. The average Bonchev–Trinajstić information content (AvgIpc) is 2.41. The zero-order chi connectivity index (χ0) is 13.2. The largest absolute Gasteiger partial charge is 0.387 e. The van der Waals surface area contributed by atoms with Crippen molar-refractivity contribution in [2.75, 3.05) is 13.2 Å². The summed E-state index contributed by atoms with van der Waals surface area (Å²) >= 11 is 3.28. The molecule has 1 unspecified atom stereocenters. The molecule has 0 amide bonds. The maximum Gasteiger partial charge on any atom is 0.123 e. The highest BCUT2D eigenvalue weighted by atomic mass is 79.9. The van der Waals surface area contributed by atoms with Gasteiger partial charge in [0.2, 0.25) is 0 Å². The molecule has 1 aliphatic rings. The van der Waals surface area contributed by atoms with Gasteiger partial charge in [-0.1, -0.05) is 15.9 Å². The number of ether oxygens (including phenoxy) is 1. The van der Waals surface area contributed by atoms with Crippen molar-refractivity contribution in [3.8, 4) is 6.07 Å². The van der Waals surface area contributed by atoms with Gasteiger partial charge in [0, 0.05) is 17.7 Å². The lowest BCUT2D eigenvalue weighted by Crippen LogP contribution is -2.34. The van der Waals surface area contributed by atoms with Crippen LogP contribution in [0, 0.1) is 22.6 Å². The third-order valence-electron chi connectivity index (χ3n) is 3.38. The van der Waals surface area contributed by atoms with Gasteiger partial charge in [-0.05, 0) is 36.6 Å². The number of aliphatic hydroxyl groups is 1. The van der Waals surface area contributed by atoms with Gasteiger partial charge in [0.05, 0.1) is 17.6 Å². The maximum absolute atomic E-state index is 13.3. The zero-order valence-corrected chi connectivity index (χ0v) is 11.3. The summed E-state index contributed by atoms with van der Waals surface area (Å²) in [4.78, 5) is 0. The quantitative estimate of drug-likeness (QED) is 0.913. The lowest BCUT2D eigenvalue weighted by Gasteiger charge is -2.35. The number of hydrogen-bond acceptors (Lipinski definition) is 3. The van der Waals surface area contributed by atoms with Gasteiger partial charge in [-0.3, -0.25) is 0 Å². The maximum atomic E-state index is 13.3. The Morgan fingerprint density at radius 3 is 2.72 bits per heavy atom. The highest BCUT2D eigenvalue weighted by Crippen LogP contribution is 2.43. The van der Waals surface area contributed by atoms with Crippen molar-refractivity contribution in [2.45, 2.75) is 18.9 Å². The van der Waals surface area contributed by atoms with Gasteiger partial charge in [-0.25, -0.2) is 4.39 Å². The van der Waals surface area contributed by atoms with E-state index >= 15 is 0 Å². The Bertz CT molecular complexity index is 480. The summed E-state index contributed by atoms with van der Waals surface area (Å²) in [6.45, 7) is 0.884. The summed E-state index contributed by atoms with van der Waals surface area (Å²) in [7, 11) is 0. The second-order valence-electron chi connectivity index (χ2n) is 4.45. The van der Waals surface area contributed by atoms with Crippen molar-refractivity contribution in [1.29, 1.82) is 5.26 Å². The molecule has 1 heterocycles. The van der Waals surface area contributed by atoms with E-state index in [0.29, 0.717) is 36.1 Å². The first-order valence-electron chi connectivity index (χ1n) is 5.71. The summed E-state index contributed by atoms with van der Waals surface area (Å²) in [5.74, 6) is -0.424. The first-order valence-corrected chi connectivity index (χ1v) is 6.50. The fraction of sp³-hybridized carbons (Fsp3) is 0.462. The third-order valence-corrected chi connectivity index (χ3v) is 4.11. The topological polar surface area (TPSA) is 53.2 Å². The van der Waals surface area contributed by atoms with Crippen LogP contribution < -0.4 is 0 Å². The Morgan fingerprint density at radius 2 is 2.11 bits per heavy atom. The highest BCUT2D eigenvalue weighted by Gasteiger charge is 2.41. The summed E-state index contributed by atoms with van der Waals surface area (Å²) in [6.07, 6.45) is -0.113. The lowest BCUT2D eigenvalue weighted by molar-refractivity contribution is -0.0313. The van der Waals surface area contributed by atoms with Crippen LogP contribution in [0.1, 0.15) is 24.5 Å². The number of halogens is 2. The minimum atomic E-state index is -1.02. The van der Waals surface area contributed by atoms with Crippen molar-refractivity contribution in [2.24, 2.45) is 5.41 Å². The second kappa shape index (κ2) is 5.35. The Labute approximate surface area is 113 Å². The van der Waals surface area contributed by atoms with Gasteiger partial charge in [-0.15, -0.1) is 0 Å². The second-order valence-corrected chi connectivity index (χ2v) is 5.30. The standard InChI is InChI=1S/C13H13BrFNO2/c14-11-2-1-9(15)7-10(11)12(17)13(8-16)3-5-18-6-4-13/h1-2,7,12,17H,3-6H2. The molecule has 3 nitrogen and oxygen atoms in total. The van der Waals surface area contributed by atoms with E-state index in [1.165, 1.54) is 18.2 Å². The molecule has 1 aromatic carbocycles. The van der Waals surface area contributed by atoms with Crippen LogP contribution >= 0.6 is 15.9 Å². The van der Waals surface area contributed by atoms with E-state index < -0.39 is 17.3 Å². The van der Waals surface area contributed by atoms with Gasteiger partial charge in [-0.2, -0.15) is 5.26 Å². The molecule has 1 fully saturated rings. The first kappa shape index (κ1) is 13.5. The van der Waals surface area contributed by atoms with Crippen molar-refractivity contribution >= 4 is 15.9 Å². The molecule has 0 aliphatic carbocycles. The number of aliphatic hydroxyl groups excluding tert-OH is 1. The van der Waals surface area contributed by atoms with Crippen LogP contribution in [0.5, 0.6) is 0 Å². The number of rotatable bonds is 2. The van der Waals surface area contributed by atoms with Crippen LogP contribution in [0.2, 0.25) is 0 Å². The van der Waals surface area contributed by atoms with Crippen LogP contribution in [0.25, 0.3) is 0 Å². The van der Waals surface area contributed by atoms with Crippen LogP contribution in [-0.2, 0) is 4.74 Å². The molecule has 2 rings (SSSR count). The lowest BCUT2D eigenvalue weighted by atomic mass is 9.74. The number of benzene rings is 1. The van der Waals surface area contributed by atoms with E-state index in [2.05, 4.69) is 22.0 Å². The number of nitriles is 1. The Morgan fingerprint density at radius 1 is 1.44 bits per heavy atom. The Balaban J connectivity index is 2.37.